The largest absolute Gasteiger partial charge is 0.375 e. The summed E-state index contributed by atoms with van der Waals surface area (Å²) in [6.45, 7) is 5.19. The van der Waals surface area contributed by atoms with Gasteiger partial charge in [-0.3, -0.25) is 4.79 Å². The maximum atomic E-state index is 13.0. The van der Waals surface area contributed by atoms with Gasteiger partial charge in [0, 0.05) is 37.9 Å². The van der Waals surface area contributed by atoms with Crippen LogP contribution in [0, 0.1) is 0 Å². The van der Waals surface area contributed by atoms with Gasteiger partial charge in [0.05, 0.1) is 6.10 Å². The second-order valence-electron chi connectivity index (χ2n) is 7.40. The first-order chi connectivity index (χ1) is 13.3. The summed E-state index contributed by atoms with van der Waals surface area (Å²) in [6, 6.07) is 11.5. The molecule has 4 rings (SSSR count). The molecule has 0 bridgehead atoms. The van der Waals surface area contributed by atoms with Crippen LogP contribution >= 0.6 is 0 Å². The van der Waals surface area contributed by atoms with Gasteiger partial charge >= 0.3 is 0 Å². The number of likely N-dealkylation sites (tertiary alicyclic amines) is 1. The molecule has 0 spiro atoms. The van der Waals surface area contributed by atoms with Gasteiger partial charge in [0.2, 0.25) is 0 Å². The molecule has 1 atom stereocenters. The van der Waals surface area contributed by atoms with E-state index in [1.54, 1.807) is 6.07 Å². The predicted octanol–water partition coefficient (Wildman–Crippen LogP) is 3.06. The molecule has 1 aromatic heterocycles. The van der Waals surface area contributed by atoms with Crippen LogP contribution in [-0.4, -0.2) is 66.3 Å². The lowest BCUT2D eigenvalue weighted by Crippen LogP contribution is -2.43. The number of hydrogen-bond acceptors (Lipinski definition) is 5. The third-order valence-electron chi connectivity index (χ3n) is 5.34. The Balaban J connectivity index is 1.42. The number of nitrogens with zero attached hydrogens (tertiary/aromatic N) is 3. The van der Waals surface area contributed by atoms with Crippen LogP contribution in [0.2, 0.25) is 0 Å². The van der Waals surface area contributed by atoms with Crippen LogP contribution in [0.4, 0.5) is 0 Å². The van der Waals surface area contributed by atoms with Gasteiger partial charge in [0.25, 0.3) is 5.91 Å². The van der Waals surface area contributed by atoms with Crippen molar-refractivity contribution in [2.45, 2.75) is 31.8 Å². The van der Waals surface area contributed by atoms with Crippen LogP contribution in [0.15, 0.2) is 40.9 Å². The van der Waals surface area contributed by atoms with Crippen LogP contribution in [-0.2, 0) is 4.74 Å². The summed E-state index contributed by atoms with van der Waals surface area (Å²) in [4.78, 5) is 17.3. The van der Waals surface area contributed by atoms with Crippen LogP contribution in [0.25, 0.3) is 11.3 Å². The zero-order valence-electron chi connectivity index (χ0n) is 15.7. The minimum atomic E-state index is -0.0740. The fraction of sp³-hybridized carbons (Fsp3) is 0.524. The molecule has 6 heteroatoms. The number of ether oxygens (including phenoxy) is 1. The quantitative estimate of drug-likeness (QED) is 0.829. The molecule has 27 heavy (non-hydrogen) atoms. The molecule has 0 N–H and O–H groups in total. The van der Waals surface area contributed by atoms with Gasteiger partial charge in [-0.1, -0.05) is 41.9 Å². The Morgan fingerprint density at radius 1 is 1.07 bits per heavy atom. The Hall–Kier alpha value is -2.18. The monoisotopic (exact) mass is 369 g/mol. The molecule has 2 saturated heterocycles. The summed E-state index contributed by atoms with van der Waals surface area (Å²) < 4.78 is 11.4. The van der Waals surface area contributed by atoms with E-state index in [-0.39, 0.29) is 12.0 Å². The van der Waals surface area contributed by atoms with Gasteiger partial charge in [-0.05, 0) is 32.4 Å². The minimum absolute atomic E-state index is 0.0649. The van der Waals surface area contributed by atoms with E-state index >= 15 is 0 Å². The van der Waals surface area contributed by atoms with Crippen molar-refractivity contribution in [2.24, 2.45) is 0 Å². The van der Waals surface area contributed by atoms with Crippen molar-refractivity contribution >= 4 is 5.91 Å². The number of amides is 1. The predicted molar refractivity (Wildman–Crippen MR) is 102 cm³/mol. The highest BCUT2D eigenvalue weighted by molar-refractivity contribution is 5.93. The Morgan fingerprint density at radius 2 is 1.89 bits per heavy atom. The van der Waals surface area contributed by atoms with E-state index in [9.17, 15) is 4.79 Å². The average Bonchev–Trinajstić information content (AvgIpc) is 3.10. The summed E-state index contributed by atoms with van der Waals surface area (Å²) in [5, 5.41) is 4.02. The zero-order valence-corrected chi connectivity index (χ0v) is 15.7. The van der Waals surface area contributed by atoms with Crippen LogP contribution < -0.4 is 0 Å². The molecular formula is C21H27N3O3. The van der Waals surface area contributed by atoms with E-state index in [4.69, 9.17) is 9.26 Å². The average molecular weight is 369 g/mol. The van der Waals surface area contributed by atoms with E-state index in [1.165, 1.54) is 19.3 Å². The highest BCUT2D eigenvalue weighted by Crippen LogP contribution is 2.21. The molecule has 3 heterocycles. The molecule has 144 valence electrons. The summed E-state index contributed by atoms with van der Waals surface area (Å²) in [5.41, 5.74) is 1.29. The lowest BCUT2D eigenvalue weighted by Gasteiger charge is -2.31. The molecule has 6 nitrogen and oxygen atoms in total. The fourth-order valence-electron chi connectivity index (χ4n) is 3.90. The molecule has 2 aliphatic heterocycles. The third-order valence-corrected chi connectivity index (χ3v) is 5.34. The first-order valence-electron chi connectivity index (χ1n) is 9.95. The molecule has 0 aliphatic carbocycles. The van der Waals surface area contributed by atoms with Gasteiger partial charge in [-0.15, -0.1) is 0 Å². The molecule has 1 unspecified atom stereocenters. The van der Waals surface area contributed by atoms with Crippen molar-refractivity contribution in [3.63, 3.8) is 0 Å². The second-order valence-corrected chi connectivity index (χ2v) is 7.40. The Morgan fingerprint density at radius 3 is 2.70 bits per heavy atom. The molecule has 0 saturated carbocycles. The summed E-state index contributed by atoms with van der Waals surface area (Å²) in [6.07, 6.45) is 4.76. The first kappa shape index (κ1) is 18.2. The Kier molecular flexibility index (Phi) is 5.84. The number of aromatic nitrogens is 1. The Bertz CT molecular complexity index is 740. The highest BCUT2D eigenvalue weighted by atomic mass is 16.5. The first-order valence-corrected chi connectivity index (χ1v) is 9.95. The van der Waals surface area contributed by atoms with E-state index in [1.807, 2.05) is 35.2 Å². The number of piperidine rings is 1. The smallest absolute Gasteiger partial charge is 0.276 e. The van der Waals surface area contributed by atoms with Crippen LogP contribution in [0.3, 0.4) is 0 Å². The molecule has 0 radical (unpaired) electrons. The lowest BCUT2D eigenvalue weighted by atomic mass is 10.1. The third kappa shape index (κ3) is 4.57. The summed E-state index contributed by atoms with van der Waals surface area (Å²) in [7, 11) is 0. The maximum absolute atomic E-state index is 13.0. The van der Waals surface area contributed by atoms with E-state index in [0.717, 1.165) is 31.6 Å². The van der Waals surface area contributed by atoms with Crippen LogP contribution in [0.1, 0.15) is 36.2 Å². The molecule has 2 fully saturated rings. The maximum Gasteiger partial charge on any atom is 0.276 e. The van der Waals surface area contributed by atoms with Gasteiger partial charge in [-0.25, -0.2) is 0 Å². The van der Waals surface area contributed by atoms with Crippen molar-refractivity contribution in [3.8, 4) is 11.3 Å². The summed E-state index contributed by atoms with van der Waals surface area (Å²) >= 11 is 0. The SMILES string of the molecule is O=C(c1cc(-c2ccccc2)on1)N1CCCOC(CN2CCCCC2)C1. The molecule has 1 aromatic carbocycles. The molecule has 2 aliphatic rings. The van der Waals surface area contributed by atoms with Crippen molar-refractivity contribution < 1.29 is 14.1 Å². The van der Waals surface area contributed by atoms with Gasteiger partial charge in [0.15, 0.2) is 11.5 Å². The number of rotatable bonds is 4. The van der Waals surface area contributed by atoms with E-state index in [2.05, 4.69) is 10.1 Å². The lowest BCUT2D eigenvalue weighted by molar-refractivity contribution is 0.0215. The van der Waals surface area contributed by atoms with E-state index in [0.29, 0.717) is 31.2 Å². The Labute approximate surface area is 160 Å². The fourth-order valence-corrected chi connectivity index (χ4v) is 3.90. The standard InChI is InChI=1S/C21H27N3O3/c25-21(19-14-20(27-22-19)17-8-3-1-4-9-17)24-12-7-13-26-18(16-24)15-23-10-5-2-6-11-23/h1,3-4,8-9,14,18H,2,5-7,10-13,15-16H2. The number of hydrogen-bond donors (Lipinski definition) is 0. The highest BCUT2D eigenvalue weighted by Gasteiger charge is 2.27. The normalized spacial score (nSPS) is 21.8. The van der Waals surface area contributed by atoms with Crippen molar-refractivity contribution in [1.82, 2.24) is 15.0 Å². The second kappa shape index (κ2) is 8.67. The molecule has 2 aromatic rings. The van der Waals surface area contributed by atoms with Crippen LogP contribution in [0.5, 0.6) is 0 Å². The van der Waals surface area contributed by atoms with E-state index < -0.39 is 0 Å². The number of carbonyl (C=O) groups is 1. The number of benzene rings is 1. The van der Waals surface area contributed by atoms with Crippen molar-refractivity contribution in [3.05, 3.63) is 42.1 Å². The summed E-state index contributed by atoms with van der Waals surface area (Å²) in [5.74, 6) is 0.546. The van der Waals surface area contributed by atoms with Gasteiger partial charge < -0.3 is 19.1 Å². The topological polar surface area (TPSA) is 58.8 Å². The number of carbonyl (C=O) groups excluding carboxylic acids is 1. The van der Waals surface area contributed by atoms with Crippen molar-refractivity contribution in [2.75, 3.05) is 39.3 Å². The van der Waals surface area contributed by atoms with Gasteiger partial charge in [0.1, 0.15) is 0 Å². The minimum Gasteiger partial charge on any atom is -0.375 e. The zero-order chi connectivity index (χ0) is 18.5. The van der Waals surface area contributed by atoms with Gasteiger partial charge in [-0.2, -0.15) is 0 Å². The molecular weight excluding hydrogens is 342 g/mol. The van der Waals surface area contributed by atoms with Crippen molar-refractivity contribution in [1.29, 1.82) is 0 Å². The molecule has 1 amide bonds.